The Bertz CT molecular complexity index is 186. The Labute approximate surface area is 50.3 Å². The van der Waals surface area contributed by atoms with E-state index < -0.39 is 18.0 Å². The van der Waals surface area contributed by atoms with Gasteiger partial charge in [0, 0.05) is 4.91 Å². The summed E-state index contributed by atoms with van der Waals surface area (Å²) in [4.78, 5) is 12.6. The zero-order chi connectivity index (χ0) is 6.85. The van der Waals surface area contributed by atoms with Crippen molar-refractivity contribution in [2.75, 3.05) is 0 Å². The first kappa shape index (κ1) is 6.04. The molecule has 9 heavy (non-hydrogen) atoms. The van der Waals surface area contributed by atoms with Crippen LogP contribution in [0.1, 0.15) is 6.42 Å². The summed E-state index contributed by atoms with van der Waals surface area (Å²) in [7, 11) is 0. The fourth-order valence-electron chi connectivity index (χ4n) is 0.538. The normalized spacial score (nSPS) is 30.8. The summed E-state index contributed by atoms with van der Waals surface area (Å²) in [6, 6.07) is 0. The molecule has 5 heteroatoms. The van der Waals surface area contributed by atoms with Crippen LogP contribution >= 0.6 is 0 Å². The molecule has 0 aromatic carbocycles. The van der Waals surface area contributed by atoms with E-state index in [1.165, 1.54) is 0 Å². The molecule has 1 aliphatic carbocycles. The summed E-state index contributed by atoms with van der Waals surface area (Å²) in [5.41, 5.74) is 7.71. The van der Waals surface area contributed by atoms with E-state index in [1.54, 1.807) is 0 Å². The fourth-order valence-corrected chi connectivity index (χ4v) is 0.538. The Balaban J connectivity index is 2.45. The van der Waals surface area contributed by atoms with Gasteiger partial charge in [0.1, 0.15) is 6.17 Å². The Hall–Kier alpha value is -1.09. The van der Waals surface area contributed by atoms with Gasteiger partial charge in [-0.2, -0.15) is 0 Å². The lowest BCUT2D eigenvalue weighted by molar-refractivity contribution is -0.119. The van der Waals surface area contributed by atoms with Crippen LogP contribution in [-0.2, 0) is 4.79 Å². The van der Waals surface area contributed by atoms with Crippen molar-refractivity contribution in [3.63, 3.8) is 0 Å². The molecule has 1 aliphatic rings. The molecule has 1 rings (SSSR count). The van der Waals surface area contributed by atoms with E-state index in [-0.39, 0.29) is 6.42 Å². The summed E-state index contributed by atoms with van der Waals surface area (Å²) in [5, 5.41) is 2.74. The van der Waals surface area contributed by atoms with Crippen LogP contribution in [0.2, 0.25) is 0 Å². The number of amides is 1. The highest BCUT2D eigenvalue weighted by molar-refractivity contribution is 5.82. The smallest absolute Gasteiger partial charge is 0.225 e. The molecule has 0 bridgehead atoms. The lowest BCUT2D eigenvalue weighted by Gasteiger charge is -1.79. The lowest BCUT2D eigenvalue weighted by Crippen LogP contribution is -1.95. The zero-order valence-electron chi connectivity index (χ0n) is 4.49. The third kappa shape index (κ3) is 1.17. The topological polar surface area (TPSA) is 65.8 Å². The highest BCUT2D eigenvalue weighted by Gasteiger charge is 2.42. The first-order chi connectivity index (χ1) is 4.25. The minimum absolute atomic E-state index is 0.220. The number of alkyl halides is 1. The lowest BCUT2D eigenvalue weighted by atomic mass is 10.4. The molecule has 0 saturated heterocycles. The van der Waals surface area contributed by atoms with Crippen LogP contribution in [0, 0.1) is 5.92 Å². The molecule has 0 aliphatic heterocycles. The molecular weight excluding hydrogens is 125 g/mol. The number of carbonyl (C=O) groups excluding carboxylic acids is 1. The molecule has 0 heterocycles. The maximum absolute atomic E-state index is 11.9. The summed E-state index contributed by atoms with van der Waals surface area (Å²) in [6.45, 7) is 0. The van der Waals surface area contributed by atoms with Crippen molar-refractivity contribution in [1.82, 2.24) is 0 Å². The van der Waals surface area contributed by atoms with Crippen molar-refractivity contribution >= 4 is 5.91 Å². The van der Waals surface area contributed by atoms with Gasteiger partial charge >= 0.3 is 0 Å². The molecule has 0 aromatic heterocycles. The SMILES string of the molecule is [N-]=[N+]=NC(=O)C1CC1F. The van der Waals surface area contributed by atoms with Crippen LogP contribution in [0.15, 0.2) is 5.11 Å². The summed E-state index contributed by atoms with van der Waals surface area (Å²) < 4.78 is 11.9. The predicted octanol–water partition coefficient (Wildman–Crippen LogP) is 1.18. The van der Waals surface area contributed by atoms with Crippen molar-refractivity contribution in [2.24, 2.45) is 11.0 Å². The monoisotopic (exact) mass is 129 g/mol. The third-order valence-corrected chi connectivity index (χ3v) is 1.17. The molecular formula is C4H4FN3O. The van der Waals surface area contributed by atoms with Gasteiger partial charge in [-0.05, 0) is 17.1 Å². The van der Waals surface area contributed by atoms with Gasteiger partial charge in [0.25, 0.3) is 0 Å². The minimum atomic E-state index is -1.07. The number of rotatable bonds is 1. The molecule has 1 amide bonds. The van der Waals surface area contributed by atoms with Gasteiger partial charge in [0.15, 0.2) is 0 Å². The number of hydrogen-bond donors (Lipinski definition) is 0. The highest BCUT2D eigenvalue weighted by Crippen LogP contribution is 2.34. The Morgan fingerprint density at radius 2 is 2.44 bits per heavy atom. The summed E-state index contributed by atoms with van der Waals surface area (Å²) in [5.74, 6) is -1.31. The summed E-state index contributed by atoms with van der Waals surface area (Å²) in [6.07, 6.45) is -0.847. The highest BCUT2D eigenvalue weighted by atomic mass is 19.1. The average Bonchev–Trinajstić information content (AvgIpc) is 2.47. The van der Waals surface area contributed by atoms with Gasteiger partial charge in [0.2, 0.25) is 5.91 Å². The van der Waals surface area contributed by atoms with E-state index in [2.05, 4.69) is 10.0 Å². The molecule has 0 N–H and O–H groups in total. The van der Waals surface area contributed by atoms with Crippen LogP contribution < -0.4 is 0 Å². The Morgan fingerprint density at radius 1 is 1.89 bits per heavy atom. The van der Waals surface area contributed by atoms with E-state index >= 15 is 0 Å². The van der Waals surface area contributed by atoms with Gasteiger partial charge < -0.3 is 0 Å². The molecule has 0 aromatic rings. The second kappa shape index (κ2) is 2.03. The molecule has 48 valence electrons. The molecule has 4 nitrogen and oxygen atoms in total. The van der Waals surface area contributed by atoms with Crippen molar-refractivity contribution in [2.45, 2.75) is 12.6 Å². The Morgan fingerprint density at radius 3 is 2.78 bits per heavy atom. The van der Waals surface area contributed by atoms with Crippen LogP contribution in [0.25, 0.3) is 10.4 Å². The second-order valence-corrected chi connectivity index (χ2v) is 1.89. The van der Waals surface area contributed by atoms with E-state index in [0.717, 1.165) is 0 Å². The fraction of sp³-hybridized carbons (Fsp3) is 0.750. The maximum atomic E-state index is 11.9. The van der Waals surface area contributed by atoms with E-state index in [0.29, 0.717) is 0 Å². The van der Waals surface area contributed by atoms with E-state index in [4.69, 9.17) is 5.53 Å². The summed E-state index contributed by atoms with van der Waals surface area (Å²) >= 11 is 0. The third-order valence-electron chi connectivity index (χ3n) is 1.17. The van der Waals surface area contributed by atoms with Crippen LogP contribution in [-0.4, -0.2) is 12.1 Å². The van der Waals surface area contributed by atoms with E-state index in [1.807, 2.05) is 0 Å². The number of carbonyl (C=O) groups is 1. The second-order valence-electron chi connectivity index (χ2n) is 1.89. The molecule has 0 radical (unpaired) electrons. The molecule has 0 spiro atoms. The number of azide groups is 1. The standard InChI is InChI=1S/C4H4FN3O/c5-3-1-2(3)4(9)7-8-6/h2-3H,1H2. The van der Waals surface area contributed by atoms with Gasteiger partial charge in [-0.1, -0.05) is 0 Å². The van der Waals surface area contributed by atoms with Gasteiger partial charge in [-0.15, -0.1) is 0 Å². The first-order valence-corrected chi connectivity index (χ1v) is 2.48. The van der Waals surface area contributed by atoms with Crippen molar-refractivity contribution < 1.29 is 9.18 Å². The zero-order valence-corrected chi connectivity index (χ0v) is 4.49. The number of halogens is 1. The minimum Gasteiger partial charge on any atom is -0.292 e. The van der Waals surface area contributed by atoms with Crippen molar-refractivity contribution in [3.8, 4) is 0 Å². The van der Waals surface area contributed by atoms with Crippen LogP contribution in [0.3, 0.4) is 0 Å². The largest absolute Gasteiger partial charge is 0.292 e. The Kier molecular flexibility index (Phi) is 1.36. The van der Waals surface area contributed by atoms with Gasteiger partial charge in [-0.3, -0.25) is 4.79 Å². The molecule has 2 unspecified atom stereocenters. The molecule has 1 saturated carbocycles. The molecule has 1 fully saturated rings. The van der Waals surface area contributed by atoms with Crippen molar-refractivity contribution in [1.29, 1.82) is 0 Å². The van der Waals surface area contributed by atoms with Gasteiger partial charge in [0.05, 0.1) is 5.92 Å². The van der Waals surface area contributed by atoms with Crippen molar-refractivity contribution in [3.05, 3.63) is 10.4 Å². The van der Waals surface area contributed by atoms with Crippen LogP contribution in [0.4, 0.5) is 4.39 Å². The number of nitrogens with zero attached hydrogens (tertiary/aromatic N) is 3. The quantitative estimate of drug-likeness (QED) is 0.298. The number of hydrogen-bond acceptors (Lipinski definition) is 1. The van der Waals surface area contributed by atoms with E-state index in [9.17, 15) is 9.18 Å². The van der Waals surface area contributed by atoms with Crippen LogP contribution in [0.5, 0.6) is 0 Å². The maximum Gasteiger partial charge on any atom is 0.225 e. The average molecular weight is 129 g/mol. The first-order valence-electron chi connectivity index (χ1n) is 2.48. The predicted molar refractivity (Wildman–Crippen MR) is 27.2 cm³/mol. The van der Waals surface area contributed by atoms with Gasteiger partial charge in [-0.25, -0.2) is 4.39 Å². The molecule has 2 atom stereocenters.